The Morgan fingerprint density at radius 3 is 2.96 bits per heavy atom. The van der Waals surface area contributed by atoms with Crippen LogP contribution in [0.1, 0.15) is 17.5 Å². The first kappa shape index (κ1) is 15.6. The fourth-order valence-electron chi connectivity index (χ4n) is 2.76. The number of nitrogens with one attached hydrogen (secondary N) is 1. The molecule has 0 aliphatic heterocycles. The summed E-state index contributed by atoms with van der Waals surface area (Å²) in [5.74, 6) is 0.998. The molecule has 0 unspecified atom stereocenters. The van der Waals surface area contributed by atoms with E-state index in [4.69, 9.17) is 4.74 Å². The summed E-state index contributed by atoms with van der Waals surface area (Å²) < 4.78 is 5.44. The second-order valence-electron chi connectivity index (χ2n) is 5.58. The maximum atomic E-state index is 12.3. The Morgan fingerprint density at radius 2 is 2.22 bits per heavy atom. The summed E-state index contributed by atoms with van der Waals surface area (Å²) in [5, 5.41) is 5.18. The summed E-state index contributed by atoms with van der Waals surface area (Å²) in [6.45, 7) is 0.666. The first-order chi connectivity index (χ1) is 11.2. The molecule has 0 fully saturated rings. The Balaban J connectivity index is 1.67. The van der Waals surface area contributed by atoms with E-state index in [-0.39, 0.29) is 5.91 Å². The van der Waals surface area contributed by atoms with Gasteiger partial charge in [-0.15, -0.1) is 0 Å². The van der Waals surface area contributed by atoms with Crippen molar-refractivity contribution in [2.45, 2.75) is 19.4 Å². The van der Waals surface area contributed by atoms with E-state index in [1.807, 2.05) is 36.8 Å². The molecular formula is C18H20N2O2S. The number of hydrogen-bond acceptors (Lipinski definition) is 3. The highest BCUT2D eigenvalue weighted by Gasteiger charge is 2.13. The molecule has 3 rings (SSSR count). The molecule has 5 heteroatoms. The van der Waals surface area contributed by atoms with Gasteiger partial charge in [-0.25, -0.2) is 0 Å². The summed E-state index contributed by atoms with van der Waals surface area (Å²) in [5.41, 5.74) is 3.34. The van der Waals surface area contributed by atoms with E-state index in [0.29, 0.717) is 19.4 Å². The van der Waals surface area contributed by atoms with Crippen LogP contribution < -0.4 is 4.74 Å². The standard InChI is InChI=1S/C18H20N2O2S/c1-20(11-13-8-9-23-12-13)17(21)7-6-14-10-19-15-4-3-5-16(22-2)18(14)15/h3-5,8-10,12,19H,6-7,11H2,1-2H3. The quantitative estimate of drug-likeness (QED) is 0.747. The maximum Gasteiger partial charge on any atom is 0.222 e. The Hall–Kier alpha value is -2.27. The van der Waals surface area contributed by atoms with Gasteiger partial charge in [0.25, 0.3) is 0 Å². The largest absolute Gasteiger partial charge is 0.496 e. The number of aromatic nitrogens is 1. The number of carbonyl (C=O) groups excluding carboxylic acids is 1. The molecule has 0 atom stereocenters. The number of fused-ring (bicyclic) bond motifs is 1. The molecule has 2 aromatic heterocycles. The molecule has 1 amide bonds. The molecule has 0 bridgehead atoms. The highest BCUT2D eigenvalue weighted by atomic mass is 32.1. The van der Waals surface area contributed by atoms with Gasteiger partial charge in [-0.3, -0.25) is 4.79 Å². The number of carbonyl (C=O) groups is 1. The SMILES string of the molecule is COc1cccc2[nH]cc(CCC(=O)N(C)Cc3ccsc3)c12. The van der Waals surface area contributed by atoms with E-state index >= 15 is 0 Å². The fraction of sp³-hybridized carbons (Fsp3) is 0.278. The minimum absolute atomic E-state index is 0.153. The number of ether oxygens (including phenoxy) is 1. The van der Waals surface area contributed by atoms with Crippen LogP contribution in [-0.4, -0.2) is 29.9 Å². The van der Waals surface area contributed by atoms with Gasteiger partial charge in [0, 0.05) is 37.1 Å². The number of aromatic amines is 1. The van der Waals surface area contributed by atoms with Crippen LogP contribution in [0.15, 0.2) is 41.2 Å². The molecule has 0 saturated carbocycles. The lowest BCUT2D eigenvalue weighted by atomic mass is 10.1. The van der Waals surface area contributed by atoms with Crippen molar-refractivity contribution in [1.82, 2.24) is 9.88 Å². The summed E-state index contributed by atoms with van der Waals surface area (Å²) in [7, 11) is 3.53. The van der Waals surface area contributed by atoms with Crippen LogP contribution in [0.5, 0.6) is 5.75 Å². The van der Waals surface area contributed by atoms with Crippen LogP contribution >= 0.6 is 11.3 Å². The normalized spacial score (nSPS) is 10.9. The van der Waals surface area contributed by atoms with E-state index in [0.717, 1.165) is 22.2 Å². The zero-order chi connectivity index (χ0) is 16.2. The van der Waals surface area contributed by atoms with Gasteiger partial charge in [-0.1, -0.05) is 6.07 Å². The monoisotopic (exact) mass is 328 g/mol. The average molecular weight is 328 g/mol. The number of nitrogens with zero attached hydrogens (tertiary/aromatic N) is 1. The molecule has 0 spiro atoms. The van der Waals surface area contributed by atoms with Crippen LogP contribution in [0.25, 0.3) is 10.9 Å². The molecule has 0 saturated heterocycles. The third-order valence-electron chi connectivity index (χ3n) is 4.00. The zero-order valence-corrected chi connectivity index (χ0v) is 14.2. The second kappa shape index (κ2) is 6.87. The van der Waals surface area contributed by atoms with E-state index in [1.54, 1.807) is 23.3 Å². The lowest BCUT2D eigenvalue weighted by molar-refractivity contribution is -0.130. The smallest absolute Gasteiger partial charge is 0.222 e. The molecule has 23 heavy (non-hydrogen) atoms. The van der Waals surface area contributed by atoms with Crippen LogP contribution in [0.4, 0.5) is 0 Å². The molecular weight excluding hydrogens is 308 g/mol. The lowest BCUT2D eigenvalue weighted by Gasteiger charge is -2.16. The van der Waals surface area contributed by atoms with Gasteiger partial charge in [-0.2, -0.15) is 11.3 Å². The molecule has 2 heterocycles. The number of methoxy groups -OCH3 is 1. The predicted octanol–water partition coefficient (Wildman–Crippen LogP) is 3.83. The Kier molecular flexibility index (Phi) is 4.67. The van der Waals surface area contributed by atoms with Crippen molar-refractivity contribution in [3.05, 3.63) is 52.3 Å². The minimum Gasteiger partial charge on any atom is -0.496 e. The predicted molar refractivity (Wildman–Crippen MR) is 94.0 cm³/mol. The highest BCUT2D eigenvalue weighted by molar-refractivity contribution is 7.07. The Labute approximate surface area is 139 Å². The molecule has 120 valence electrons. The van der Waals surface area contributed by atoms with Crippen LogP contribution in [-0.2, 0) is 17.8 Å². The van der Waals surface area contributed by atoms with Gasteiger partial charge in [0.1, 0.15) is 5.75 Å². The average Bonchev–Trinajstić information content (AvgIpc) is 3.21. The first-order valence-corrected chi connectivity index (χ1v) is 8.51. The van der Waals surface area contributed by atoms with Crippen molar-refractivity contribution in [1.29, 1.82) is 0 Å². The lowest BCUT2D eigenvalue weighted by Crippen LogP contribution is -2.26. The molecule has 4 nitrogen and oxygen atoms in total. The zero-order valence-electron chi connectivity index (χ0n) is 13.3. The number of thiophene rings is 1. The van der Waals surface area contributed by atoms with E-state index in [1.165, 1.54) is 5.56 Å². The molecule has 3 aromatic rings. The van der Waals surface area contributed by atoms with Crippen LogP contribution in [0.3, 0.4) is 0 Å². The second-order valence-corrected chi connectivity index (χ2v) is 6.36. The highest BCUT2D eigenvalue weighted by Crippen LogP contribution is 2.29. The van der Waals surface area contributed by atoms with E-state index < -0.39 is 0 Å². The molecule has 1 aromatic carbocycles. The van der Waals surface area contributed by atoms with Crippen molar-refractivity contribution in [2.24, 2.45) is 0 Å². The van der Waals surface area contributed by atoms with Crippen LogP contribution in [0, 0.1) is 0 Å². The molecule has 0 aliphatic rings. The Morgan fingerprint density at radius 1 is 1.35 bits per heavy atom. The van der Waals surface area contributed by atoms with Gasteiger partial charge < -0.3 is 14.6 Å². The van der Waals surface area contributed by atoms with Gasteiger partial charge in [0.05, 0.1) is 7.11 Å². The van der Waals surface area contributed by atoms with Gasteiger partial charge >= 0.3 is 0 Å². The van der Waals surface area contributed by atoms with Gasteiger partial charge in [0.15, 0.2) is 0 Å². The van der Waals surface area contributed by atoms with E-state index in [2.05, 4.69) is 16.4 Å². The topological polar surface area (TPSA) is 45.3 Å². The van der Waals surface area contributed by atoms with E-state index in [9.17, 15) is 4.79 Å². The Bertz CT molecular complexity index is 793. The summed E-state index contributed by atoms with van der Waals surface area (Å²) >= 11 is 1.65. The number of H-pyrrole nitrogens is 1. The van der Waals surface area contributed by atoms with Crippen molar-refractivity contribution in [3.63, 3.8) is 0 Å². The molecule has 0 aliphatic carbocycles. The van der Waals surface area contributed by atoms with Crippen molar-refractivity contribution < 1.29 is 9.53 Å². The van der Waals surface area contributed by atoms with Crippen molar-refractivity contribution >= 4 is 28.1 Å². The number of benzene rings is 1. The van der Waals surface area contributed by atoms with Crippen LogP contribution in [0.2, 0.25) is 0 Å². The first-order valence-electron chi connectivity index (χ1n) is 7.57. The number of amides is 1. The van der Waals surface area contributed by atoms with Gasteiger partial charge in [-0.05, 0) is 46.5 Å². The number of aryl methyl sites for hydroxylation is 1. The fourth-order valence-corrected chi connectivity index (χ4v) is 3.42. The minimum atomic E-state index is 0.153. The molecule has 1 N–H and O–H groups in total. The summed E-state index contributed by atoms with van der Waals surface area (Å²) in [4.78, 5) is 17.4. The third kappa shape index (κ3) is 3.40. The number of rotatable bonds is 6. The van der Waals surface area contributed by atoms with Gasteiger partial charge in [0.2, 0.25) is 5.91 Å². The number of hydrogen-bond donors (Lipinski definition) is 1. The van der Waals surface area contributed by atoms with Crippen molar-refractivity contribution in [2.75, 3.05) is 14.2 Å². The third-order valence-corrected chi connectivity index (χ3v) is 4.74. The summed E-state index contributed by atoms with van der Waals surface area (Å²) in [6.07, 6.45) is 3.16. The van der Waals surface area contributed by atoms with Crippen molar-refractivity contribution in [3.8, 4) is 5.75 Å². The molecule has 0 radical (unpaired) electrons. The maximum absolute atomic E-state index is 12.3. The summed E-state index contributed by atoms with van der Waals surface area (Å²) in [6, 6.07) is 7.98.